The van der Waals surface area contributed by atoms with Crippen LogP contribution in [0.4, 0.5) is 22.0 Å². The summed E-state index contributed by atoms with van der Waals surface area (Å²) in [6, 6.07) is 0. The maximum absolute atomic E-state index is 15.4. The molecule has 0 aromatic rings. The van der Waals surface area contributed by atoms with Gasteiger partial charge in [-0.1, -0.05) is 239 Å². The summed E-state index contributed by atoms with van der Waals surface area (Å²) in [5.74, 6) is 2.65. The molecule has 0 saturated heterocycles. The second kappa shape index (κ2) is 35.5. The number of halogens is 5. The van der Waals surface area contributed by atoms with E-state index in [1.165, 1.54) is 12.8 Å². The Balaban J connectivity index is -0.000000257. The van der Waals surface area contributed by atoms with Crippen molar-refractivity contribution < 1.29 is 22.0 Å². The standard InChI is InChI=1S/C16H33F.C14H29F.C9H17F.C7H13F.C7H16.C6H11F.C6H14.C5H12/c1-10(2)14(11(3)4)16(9,17)15(12(5)6)13(7)8;1-8-12(5,9-2)14(7,15)13(6,10-3)11-4;1-8(2)4-6-9(3,10)7-5-8;1-7(8)5-3-2-4-6-7;1-6(2)7(3,4)5;1-6(7)4-2-3-5-6;1-5-6(2,3)4;1-5(2,3)4/h10-15H,1-9H3;8-11H2,1-7H3;4-7H2,1-3H3;2-6H2,1H3;6H,1-5H3;2-5H2,1H3;5H2,1-4H3;1-4H3. The van der Waals surface area contributed by atoms with Crippen LogP contribution < -0.4 is 0 Å². The van der Waals surface area contributed by atoms with E-state index in [9.17, 15) is 13.2 Å². The summed E-state index contributed by atoms with van der Waals surface area (Å²) in [5.41, 5.74) is -3.13. The van der Waals surface area contributed by atoms with E-state index in [-0.39, 0.29) is 22.7 Å². The molecule has 0 unspecified atom stereocenters. The lowest BCUT2D eigenvalue weighted by Crippen LogP contribution is -2.51. The molecule has 5 heteroatoms. The van der Waals surface area contributed by atoms with Crippen molar-refractivity contribution in [1.29, 1.82) is 0 Å². The minimum Gasteiger partial charge on any atom is -0.244 e. The molecule has 0 aliphatic heterocycles. The van der Waals surface area contributed by atoms with Gasteiger partial charge in [0.2, 0.25) is 0 Å². The third kappa shape index (κ3) is 38.1. The van der Waals surface area contributed by atoms with E-state index in [0.29, 0.717) is 45.3 Å². The number of hydrogen-bond acceptors (Lipinski definition) is 0. The third-order valence-electron chi connectivity index (χ3n) is 18.5. The zero-order valence-electron chi connectivity index (χ0n) is 58.2. The van der Waals surface area contributed by atoms with Crippen LogP contribution in [0.3, 0.4) is 0 Å². The van der Waals surface area contributed by atoms with Crippen LogP contribution in [0, 0.1) is 73.9 Å². The molecule has 0 bridgehead atoms. The van der Waals surface area contributed by atoms with Crippen molar-refractivity contribution in [3.63, 3.8) is 0 Å². The molecule has 0 aromatic heterocycles. The number of hydrogen-bond donors (Lipinski definition) is 0. The molecule has 0 N–H and O–H groups in total. The number of alkyl halides is 5. The Kier molecular flexibility index (Phi) is 39.5. The normalized spacial score (nSPS) is 18.6. The first-order valence-corrected chi connectivity index (χ1v) is 31.5. The average molecular weight is 1080 g/mol. The molecule has 3 aliphatic rings. The smallest absolute Gasteiger partial charge is 0.118 e. The highest BCUT2D eigenvalue weighted by Crippen LogP contribution is 2.54. The number of rotatable bonds is 12. The molecule has 0 amide bonds. The van der Waals surface area contributed by atoms with E-state index in [1.807, 2.05) is 13.8 Å². The summed E-state index contributed by atoms with van der Waals surface area (Å²) in [6.45, 7) is 72.0. The Morgan fingerprint density at radius 2 is 0.560 bits per heavy atom. The first-order valence-electron chi connectivity index (χ1n) is 31.5. The van der Waals surface area contributed by atoms with Crippen LogP contribution >= 0.6 is 0 Å². The molecule has 3 rings (SSSR count). The molecule has 0 nitrogen and oxygen atoms in total. The van der Waals surface area contributed by atoms with Gasteiger partial charge in [-0.05, 0) is 175 Å². The summed E-state index contributed by atoms with van der Waals surface area (Å²) < 4.78 is 69.3. The fraction of sp³-hybridized carbons (Fsp3) is 1.00. The summed E-state index contributed by atoms with van der Waals surface area (Å²) >= 11 is 0. The van der Waals surface area contributed by atoms with Gasteiger partial charge in [0.05, 0.1) is 0 Å². The van der Waals surface area contributed by atoms with Gasteiger partial charge in [-0.15, -0.1) is 0 Å². The molecule has 0 spiro atoms. The van der Waals surface area contributed by atoms with Crippen LogP contribution in [0.5, 0.6) is 0 Å². The van der Waals surface area contributed by atoms with Crippen LogP contribution in [0.2, 0.25) is 0 Å². The maximum Gasteiger partial charge on any atom is 0.118 e. The molecule has 3 fully saturated rings. The van der Waals surface area contributed by atoms with Gasteiger partial charge in [0.1, 0.15) is 28.3 Å². The minimum absolute atomic E-state index is 0.136. The van der Waals surface area contributed by atoms with Crippen molar-refractivity contribution in [2.45, 2.75) is 379 Å². The van der Waals surface area contributed by atoms with Crippen molar-refractivity contribution in [3.8, 4) is 0 Å². The quantitative estimate of drug-likeness (QED) is 0.171. The topological polar surface area (TPSA) is 0 Å². The summed E-state index contributed by atoms with van der Waals surface area (Å²) in [7, 11) is 0. The zero-order valence-corrected chi connectivity index (χ0v) is 58.2. The van der Waals surface area contributed by atoms with Gasteiger partial charge < -0.3 is 0 Å². The monoisotopic (exact) mass is 1080 g/mol. The molecule has 0 heterocycles. The van der Waals surface area contributed by atoms with Crippen LogP contribution in [-0.2, 0) is 0 Å². The lowest BCUT2D eigenvalue weighted by atomic mass is 9.57. The Labute approximate surface area is 473 Å². The molecule has 460 valence electrons. The molecular formula is C70H145F5. The van der Waals surface area contributed by atoms with Crippen molar-refractivity contribution in [2.75, 3.05) is 0 Å². The van der Waals surface area contributed by atoms with Crippen molar-refractivity contribution >= 4 is 0 Å². The Morgan fingerprint density at radius 3 is 0.693 bits per heavy atom. The van der Waals surface area contributed by atoms with Gasteiger partial charge in [0.15, 0.2) is 0 Å². The maximum atomic E-state index is 15.4. The fourth-order valence-corrected chi connectivity index (χ4v) is 10.8. The zero-order chi connectivity index (χ0) is 61.3. The van der Waals surface area contributed by atoms with Crippen molar-refractivity contribution in [3.05, 3.63) is 0 Å². The fourth-order valence-electron chi connectivity index (χ4n) is 10.8. The molecule has 0 aromatic carbocycles. The van der Waals surface area contributed by atoms with E-state index in [2.05, 4.69) is 201 Å². The van der Waals surface area contributed by atoms with Crippen LogP contribution in [0.15, 0.2) is 0 Å². The summed E-state index contributed by atoms with van der Waals surface area (Å²) in [4.78, 5) is 0. The molecule has 0 atom stereocenters. The largest absolute Gasteiger partial charge is 0.244 e. The molecule has 3 saturated carbocycles. The van der Waals surface area contributed by atoms with E-state index in [4.69, 9.17) is 0 Å². The van der Waals surface area contributed by atoms with E-state index in [0.717, 1.165) is 109 Å². The van der Waals surface area contributed by atoms with Gasteiger partial charge in [-0.3, -0.25) is 0 Å². The van der Waals surface area contributed by atoms with Crippen molar-refractivity contribution in [1.82, 2.24) is 0 Å². The molecule has 0 radical (unpaired) electrons. The summed E-state index contributed by atoms with van der Waals surface area (Å²) in [6.07, 6.45) is 17.2. The minimum atomic E-state index is -1.09. The summed E-state index contributed by atoms with van der Waals surface area (Å²) in [5, 5.41) is 0. The predicted octanol–water partition coefficient (Wildman–Crippen LogP) is 26.4. The Bertz CT molecular complexity index is 1250. The lowest BCUT2D eigenvalue weighted by Gasteiger charge is -2.51. The SMILES string of the molecule is CC(C)(C)C.CC(C)C(C(C)C)C(C)(F)C(C(C)C)C(C)C.CC(C)C(C)(C)C.CC1(C)CCC(C)(F)CC1.CC1(F)CCCC1.CC1(F)CCCCC1.CCC(C)(C)C.CCC(C)(CC)C(C)(F)C(C)(CC)CC. The van der Waals surface area contributed by atoms with Gasteiger partial charge in [0.25, 0.3) is 0 Å². The van der Waals surface area contributed by atoms with E-state index in [1.54, 1.807) is 20.8 Å². The van der Waals surface area contributed by atoms with Gasteiger partial charge in [0, 0.05) is 10.8 Å². The second-order valence-corrected chi connectivity index (χ2v) is 32.3. The van der Waals surface area contributed by atoms with Crippen molar-refractivity contribution in [2.24, 2.45) is 73.9 Å². The van der Waals surface area contributed by atoms with Gasteiger partial charge >= 0.3 is 0 Å². The van der Waals surface area contributed by atoms with Gasteiger partial charge in [-0.2, -0.15) is 0 Å². The molecule has 75 heavy (non-hydrogen) atoms. The predicted molar refractivity (Wildman–Crippen MR) is 334 cm³/mol. The van der Waals surface area contributed by atoms with Gasteiger partial charge in [-0.25, -0.2) is 22.0 Å². The highest BCUT2D eigenvalue weighted by Gasteiger charge is 2.53. The highest BCUT2D eigenvalue weighted by atomic mass is 19.2. The van der Waals surface area contributed by atoms with Crippen LogP contribution in [0.1, 0.15) is 351 Å². The first kappa shape index (κ1) is 83.5. The lowest BCUT2D eigenvalue weighted by molar-refractivity contribution is -0.0946. The second-order valence-electron chi connectivity index (χ2n) is 32.3. The van der Waals surface area contributed by atoms with E-state index >= 15 is 8.78 Å². The molecular weight excluding hydrogens is 936 g/mol. The van der Waals surface area contributed by atoms with E-state index < -0.39 is 28.3 Å². The van der Waals surface area contributed by atoms with Crippen LogP contribution in [-0.4, -0.2) is 28.3 Å². The Hall–Kier alpha value is -0.350. The average Bonchev–Trinajstić information content (AvgIpc) is 3.63. The first-order chi connectivity index (χ1) is 33.1. The highest BCUT2D eigenvalue weighted by molar-refractivity contribution is 5.02. The third-order valence-corrected chi connectivity index (χ3v) is 18.5. The molecule has 3 aliphatic carbocycles. The Morgan fingerprint density at radius 1 is 0.360 bits per heavy atom. The van der Waals surface area contributed by atoms with Crippen LogP contribution in [0.25, 0.3) is 0 Å².